The van der Waals surface area contributed by atoms with Gasteiger partial charge in [-0.3, -0.25) is 4.99 Å². The van der Waals surface area contributed by atoms with E-state index in [2.05, 4.69) is 0 Å². The highest BCUT2D eigenvalue weighted by atomic mass is 35.5. The zero-order chi connectivity index (χ0) is 20.6. The molecule has 29 heavy (non-hydrogen) atoms. The first-order chi connectivity index (χ1) is 13.8. The van der Waals surface area contributed by atoms with E-state index in [0.717, 1.165) is 21.9 Å². The average molecular weight is 448 g/mol. The van der Waals surface area contributed by atoms with Crippen molar-refractivity contribution in [3.63, 3.8) is 0 Å². The smallest absolute Gasteiger partial charge is 0.243 e. The predicted molar refractivity (Wildman–Crippen MR) is 121 cm³/mol. The Kier molecular flexibility index (Phi) is 5.59. The number of aliphatic imine (C=N–C) groups is 2. The van der Waals surface area contributed by atoms with E-state index in [1.165, 1.54) is 0 Å². The number of rotatable bonds is 3. The first-order valence-electron chi connectivity index (χ1n) is 9.40. The molecule has 0 atom stereocenters. The van der Waals surface area contributed by atoms with E-state index in [0.29, 0.717) is 35.8 Å². The molecule has 1 fully saturated rings. The normalized spacial score (nSPS) is 19.3. The molecule has 2 aliphatic heterocycles. The van der Waals surface area contributed by atoms with Gasteiger partial charge in [0.25, 0.3) is 0 Å². The fourth-order valence-electron chi connectivity index (χ4n) is 3.63. The molecule has 0 aliphatic carbocycles. The van der Waals surface area contributed by atoms with Gasteiger partial charge >= 0.3 is 0 Å². The van der Waals surface area contributed by atoms with Crippen LogP contribution in [-0.2, 0) is 10.0 Å². The fourth-order valence-corrected chi connectivity index (χ4v) is 5.81. The van der Waals surface area contributed by atoms with Crippen LogP contribution in [0.25, 0.3) is 0 Å². The molecule has 0 bridgehead atoms. The van der Waals surface area contributed by atoms with Crippen molar-refractivity contribution in [3.05, 3.63) is 64.7 Å². The molecule has 0 unspecified atom stereocenters. The summed E-state index contributed by atoms with van der Waals surface area (Å²) in [5.74, 6) is 0. The zero-order valence-corrected chi connectivity index (χ0v) is 18.7. The molecule has 0 aromatic heterocycles. The van der Waals surface area contributed by atoms with E-state index >= 15 is 0 Å². The van der Waals surface area contributed by atoms with E-state index in [1.807, 2.05) is 49.6 Å². The van der Waals surface area contributed by atoms with Crippen LogP contribution in [-0.4, -0.2) is 48.5 Å². The van der Waals surface area contributed by atoms with Crippen molar-refractivity contribution in [2.75, 3.05) is 19.3 Å². The van der Waals surface area contributed by atoms with Crippen molar-refractivity contribution in [2.45, 2.75) is 30.3 Å². The molecule has 0 amide bonds. The van der Waals surface area contributed by atoms with Gasteiger partial charge in [0.1, 0.15) is 5.04 Å². The van der Waals surface area contributed by atoms with Gasteiger partial charge in [-0.15, -0.1) is 11.8 Å². The largest absolute Gasteiger partial charge is 0.252 e. The Bertz CT molecular complexity index is 1070. The third-order valence-corrected chi connectivity index (χ3v) is 8.16. The highest BCUT2D eigenvalue weighted by Crippen LogP contribution is 2.36. The summed E-state index contributed by atoms with van der Waals surface area (Å²) < 4.78 is 27.5. The number of sulfonamides is 1. The fraction of sp³-hybridized carbons (Fsp3) is 0.333. The Hall–Kier alpha value is -1.67. The van der Waals surface area contributed by atoms with E-state index in [9.17, 15) is 8.42 Å². The van der Waals surface area contributed by atoms with Crippen molar-refractivity contribution in [1.29, 1.82) is 0 Å². The van der Waals surface area contributed by atoms with Crippen molar-refractivity contribution < 1.29 is 8.42 Å². The molecule has 1 spiro atoms. The second-order valence-corrected chi connectivity index (χ2v) is 10.5. The number of hydrogen-bond donors (Lipinski definition) is 0. The summed E-state index contributed by atoms with van der Waals surface area (Å²) in [5.41, 5.74) is 2.31. The Morgan fingerprint density at radius 2 is 1.62 bits per heavy atom. The summed E-state index contributed by atoms with van der Waals surface area (Å²) in [5, 5.41) is 1.57. The monoisotopic (exact) mass is 447 g/mol. The van der Waals surface area contributed by atoms with Crippen molar-refractivity contribution >= 4 is 44.1 Å². The highest BCUT2D eigenvalue weighted by Gasteiger charge is 2.42. The van der Waals surface area contributed by atoms with Gasteiger partial charge in [-0.1, -0.05) is 41.4 Å². The van der Waals surface area contributed by atoms with E-state index in [-0.39, 0.29) is 0 Å². The van der Waals surface area contributed by atoms with Gasteiger partial charge in [-0.25, -0.2) is 13.4 Å². The molecular formula is C21H22ClN3O2S2. The first kappa shape index (κ1) is 20.6. The first-order valence-corrected chi connectivity index (χ1v) is 12.4. The number of benzene rings is 2. The standard InChI is InChI=1S/C21H22ClN3O2S2/c1-15-3-9-18(10-4-15)29(26,27)25-13-11-21(12-14-25)23-19(20(24-21)28-2)16-5-7-17(22)8-6-16/h3-10H,11-14H2,1-2H3. The van der Waals surface area contributed by atoms with E-state index < -0.39 is 15.7 Å². The van der Waals surface area contributed by atoms with Crippen LogP contribution in [0.15, 0.2) is 63.4 Å². The average Bonchev–Trinajstić information content (AvgIpc) is 3.07. The minimum atomic E-state index is -3.50. The molecule has 2 aromatic carbocycles. The Morgan fingerprint density at radius 1 is 1.00 bits per heavy atom. The second-order valence-electron chi connectivity index (χ2n) is 7.29. The summed E-state index contributed by atoms with van der Waals surface area (Å²) in [7, 11) is -3.50. The maximum Gasteiger partial charge on any atom is 0.243 e. The minimum absolute atomic E-state index is 0.337. The van der Waals surface area contributed by atoms with Gasteiger partial charge in [0.15, 0.2) is 5.66 Å². The lowest BCUT2D eigenvalue weighted by atomic mass is 10.00. The second kappa shape index (κ2) is 7.87. The summed E-state index contributed by atoms with van der Waals surface area (Å²) in [6.45, 7) is 2.75. The molecule has 2 aliphatic rings. The van der Waals surface area contributed by atoms with Crippen molar-refractivity contribution in [1.82, 2.24) is 4.31 Å². The molecule has 5 nitrogen and oxygen atoms in total. The van der Waals surface area contributed by atoms with Crippen LogP contribution in [0.3, 0.4) is 0 Å². The molecule has 0 N–H and O–H groups in total. The number of thioether (sulfide) groups is 1. The Labute approximate surface area is 180 Å². The number of nitrogens with zero attached hydrogens (tertiary/aromatic N) is 3. The molecule has 8 heteroatoms. The molecular weight excluding hydrogens is 426 g/mol. The van der Waals surface area contributed by atoms with Crippen LogP contribution in [0, 0.1) is 6.92 Å². The van der Waals surface area contributed by atoms with E-state index in [1.54, 1.807) is 28.2 Å². The summed E-state index contributed by atoms with van der Waals surface area (Å²) in [6.07, 6.45) is 3.12. The van der Waals surface area contributed by atoms with Crippen molar-refractivity contribution in [2.24, 2.45) is 9.98 Å². The summed E-state index contributed by atoms with van der Waals surface area (Å²) in [4.78, 5) is 10.2. The molecule has 4 rings (SSSR count). The number of hydrogen-bond acceptors (Lipinski definition) is 5. The topological polar surface area (TPSA) is 62.1 Å². The Balaban J connectivity index is 1.56. The van der Waals surface area contributed by atoms with Gasteiger partial charge in [-0.2, -0.15) is 4.31 Å². The van der Waals surface area contributed by atoms with Crippen LogP contribution in [0.2, 0.25) is 5.02 Å². The molecule has 0 saturated carbocycles. The molecule has 2 aromatic rings. The van der Waals surface area contributed by atoms with Crippen LogP contribution >= 0.6 is 23.4 Å². The molecule has 1 saturated heterocycles. The quantitative estimate of drug-likeness (QED) is 0.700. The molecule has 152 valence electrons. The molecule has 0 radical (unpaired) electrons. The lowest BCUT2D eigenvalue weighted by Crippen LogP contribution is -2.44. The third kappa shape index (κ3) is 4.01. The maximum atomic E-state index is 13.0. The lowest BCUT2D eigenvalue weighted by Gasteiger charge is -2.34. The van der Waals surface area contributed by atoms with Crippen molar-refractivity contribution in [3.8, 4) is 0 Å². The number of halogens is 1. The van der Waals surface area contributed by atoms with Gasteiger partial charge < -0.3 is 0 Å². The number of piperidine rings is 1. The summed E-state index contributed by atoms with van der Waals surface area (Å²) in [6, 6.07) is 14.6. The van der Waals surface area contributed by atoms with Gasteiger partial charge in [0.2, 0.25) is 10.0 Å². The van der Waals surface area contributed by atoms with Gasteiger partial charge in [-0.05, 0) is 37.4 Å². The third-order valence-electron chi connectivity index (χ3n) is 5.33. The zero-order valence-electron chi connectivity index (χ0n) is 16.3. The highest BCUT2D eigenvalue weighted by molar-refractivity contribution is 8.15. The van der Waals surface area contributed by atoms with Crippen LogP contribution in [0.4, 0.5) is 0 Å². The van der Waals surface area contributed by atoms with Crippen LogP contribution < -0.4 is 0 Å². The maximum absolute atomic E-state index is 13.0. The van der Waals surface area contributed by atoms with Crippen LogP contribution in [0.5, 0.6) is 0 Å². The lowest BCUT2D eigenvalue weighted by molar-refractivity contribution is 0.249. The van der Waals surface area contributed by atoms with Gasteiger partial charge in [0, 0.05) is 36.5 Å². The van der Waals surface area contributed by atoms with Crippen LogP contribution in [0.1, 0.15) is 24.0 Å². The van der Waals surface area contributed by atoms with E-state index in [4.69, 9.17) is 21.6 Å². The summed E-state index contributed by atoms with van der Waals surface area (Å²) >= 11 is 7.58. The molecule has 2 heterocycles. The number of aryl methyl sites for hydroxylation is 1. The Morgan fingerprint density at radius 3 is 2.21 bits per heavy atom. The van der Waals surface area contributed by atoms with Gasteiger partial charge in [0.05, 0.1) is 10.6 Å². The minimum Gasteiger partial charge on any atom is -0.252 e. The SMILES string of the molecule is CSC1=NC2(CCN(S(=O)(=O)c3ccc(C)cc3)CC2)N=C1c1ccc(Cl)cc1. The predicted octanol–water partition coefficient (Wildman–Crippen LogP) is 4.39.